The van der Waals surface area contributed by atoms with E-state index in [4.69, 9.17) is 11.1 Å². The Morgan fingerprint density at radius 1 is 1.73 bits per heavy atom. The Morgan fingerprint density at radius 2 is 2.40 bits per heavy atom. The monoisotopic (exact) mass is 271 g/mol. The van der Waals surface area contributed by atoms with Crippen LogP contribution in [0.2, 0.25) is 0 Å². The van der Waals surface area contributed by atoms with E-state index in [-0.39, 0.29) is 11.9 Å². The van der Waals surface area contributed by atoms with Crippen molar-refractivity contribution < 1.29 is 0 Å². The van der Waals surface area contributed by atoms with Crippen LogP contribution in [0.1, 0.15) is 13.3 Å². The number of hydrogen-bond donors (Lipinski definition) is 2. The molecule has 0 aliphatic heterocycles. The highest BCUT2D eigenvalue weighted by molar-refractivity contribution is 9.10. The van der Waals surface area contributed by atoms with Gasteiger partial charge in [0.2, 0.25) is 0 Å². The Kier molecular flexibility index (Phi) is 4.02. The average Bonchev–Trinajstić information content (AvgIpc) is 2.16. The molecule has 3 N–H and O–H groups in total. The molecule has 1 atom stereocenters. The minimum absolute atomic E-state index is 0.133. The zero-order chi connectivity index (χ0) is 11.4. The number of nitrogens with two attached hydrogens (primary N) is 1. The second kappa shape index (κ2) is 5.06. The number of nitrogens with one attached hydrogen (secondary N) is 1. The number of halogens is 1. The molecule has 1 aromatic heterocycles. The molecule has 0 saturated carbocycles. The predicted octanol–water partition coefficient (Wildman–Crippen LogP) is 1.39. The fourth-order valence-electron chi connectivity index (χ4n) is 1.23. The number of hydrogen-bond acceptors (Lipinski definition) is 4. The maximum atomic E-state index is 7.24. The summed E-state index contributed by atoms with van der Waals surface area (Å²) in [7, 11) is 1.92. The Morgan fingerprint density at radius 3 is 2.93 bits per heavy atom. The summed E-state index contributed by atoms with van der Waals surface area (Å²) in [5.74, 6) is 0.985. The quantitative estimate of drug-likeness (QED) is 0.641. The van der Waals surface area contributed by atoms with Crippen LogP contribution in [0, 0.1) is 5.41 Å². The molecule has 0 aromatic carbocycles. The molecule has 0 radical (unpaired) electrons. The summed E-state index contributed by atoms with van der Waals surface area (Å²) < 4.78 is 0.836. The van der Waals surface area contributed by atoms with E-state index in [9.17, 15) is 0 Å². The summed E-state index contributed by atoms with van der Waals surface area (Å²) in [5.41, 5.74) is 5.36. The molecule has 1 heterocycles. The van der Waals surface area contributed by atoms with Crippen LogP contribution in [-0.2, 0) is 0 Å². The van der Waals surface area contributed by atoms with Crippen molar-refractivity contribution >= 4 is 27.6 Å². The number of aromatic nitrogens is 2. The molecule has 0 bridgehead atoms. The first-order valence-corrected chi connectivity index (χ1v) is 5.33. The van der Waals surface area contributed by atoms with Crippen molar-refractivity contribution in [3.63, 3.8) is 0 Å². The van der Waals surface area contributed by atoms with Crippen molar-refractivity contribution in [1.29, 1.82) is 5.41 Å². The lowest BCUT2D eigenvalue weighted by molar-refractivity contribution is 0.697. The van der Waals surface area contributed by atoms with Gasteiger partial charge in [0.1, 0.15) is 12.1 Å². The van der Waals surface area contributed by atoms with Gasteiger partial charge in [0, 0.05) is 25.7 Å². The van der Waals surface area contributed by atoms with Gasteiger partial charge in [0.15, 0.2) is 0 Å². The van der Waals surface area contributed by atoms with E-state index in [2.05, 4.69) is 25.9 Å². The van der Waals surface area contributed by atoms with Crippen LogP contribution < -0.4 is 10.6 Å². The van der Waals surface area contributed by atoms with Gasteiger partial charge in [-0.05, 0) is 22.9 Å². The normalized spacial score (nSPS) is 12.2. The van der Waals surface area contributed by atoms with E-state index >= 15 is 0 Å². The first kappa shape index (κ1) is 11.9. The van der Waals surface area contributed by atoms with Gasteiger partial charge in [-0.25, -0.2) is 9.97 Å². The number of anilines is 1. The minimum atomic E-state index is 0.133. The number of amidine groups is 1. The van der Waals surface area contributed by atoms with Gasteiger partial charge in [-0.15, -0.1) is 0 Å². The smallest absolute Gasteiger partial charge is 0.146 e. The van der Waals surface area contributed by atoms with Gasteiger partial charge in [-0.1, -0.05) is 0 Å². The Hall–Kier alpha value is -1.17. The molecule has 0 aliphatic rings. The lowest BCUT2D eigenvalue weighted by atomic mass is 10.2. The van der Waals surface area contributed by atoms with E-state index in [1.165, 1.54) is 6.33 Å². The average molecular weight is 272 g/mol. The molecular formula is C9H14BrN5. The maximum absolute atomic E-state index is 7.24. The van der Waals surface area contributed by atoms with Crippen molar-refractivity contribution in [2.75, 3.05) is 11.9 Å². The molecule has 0 aliphatic carbocycles. The predicted molar refractivity (Wildman–Crippen MR) is 64.1 cm³/mol. The highest BCUT2D eigenvalue weighted by Crippen LogP contribution is 2.22. The molecular weight excluding hydrogens is 258 g/mol. The van der Waals surface area contributed by atoms with E-state index in [0.717, 1.165) is 10.3 Å². The van der Waals surface area contributed by atoms with Crippen LogP contribution in [0.3, 0.4) is 0 Å². The summed E-state index contributed by atoms with van der Waals surface area (Å²) in [6, 6.07) is 0.133. The van der Waals surface area contributed by atoms with Crippen molar-refractivity contribution in [3.8, 4) is 0 Å². The largest absolute Gasteiger partial charge is 0.388 e. The second-order valence-corrected chi connectivity index (χ2v) is 4.24. The third-order valence-corrected chi connectivity index (χ3v) is 2.72. The second-order valence-electron chi connectivity index (χ2n) is 3.38. The number of rotatable bonds is 4. The first-order chi connectivity index (χ1) is 7.02. The fourth-order valence-corrected chi connectivity index (χ4v) is 1.73. The van der Waals surface area contributed by atoms with Gasteiger partial charge in [-0.2, -0.15) is 0 Å². The van der Waals surface area contributed by atoms with E-state index in [0.29, 0.717) is 6.42 Å². The van der Waals surface area contributed by atoms with Gasteiger partial charge < -0.3 is 10.6 Å². The number of nitrogens with zero attached hydrogens (tertiary/aromatic N) is 3. The third kappa shape index (κ3) is 3.16. The minimum Gasteiger partial charge on any atom is -0.388 e. The Labute approximate surface area is 97.3 Å². The van der Waals surface area contributed by atoms with Crippen LogP contribution in [0.5, 0.6) is 0 Å². The lowest BCUT2D eigenvalue weighted by Crippen LogP contribution is -2.33. The molecule has 6 heteroatoms. The molecule has 0 fully saturated rings. The van der Waals surface area contributed by atoms with E-state index < -0.39 is 0 Å². The van der Waals surface area contributed by atoms with Crippen LogP contribution >= 0.6 is 15.9 Å². The summed E-state index contributed by atoms with van der Waals surface area (Å²) >= 11 is 3.38. The molecule has 0 saturated heterocycles. The lowest BCUT2D eigenvalue weighted by Gasteiger charge is -2.26. The van der Waals surface area contributed by atoms with E-state index in [1.54, 1.807) is 6.20 Å². The highest BCUT2D eigenvalue weighted by Gasteiger charge is 2.14. The summed E-state index contributed by atoms with van der Waals surface area (Å²) in [4.78, 5) is 10.0. The molecule has 0 amide bonds. The molecule has 5 nitrogen and oxygen atoms in total. The molecule has 82 valence electrons. The molecule has 1 unspecified atom stereocenters. The topological polar surface area (TPSA) is 78.9 Å². The molecule has 0 spiro atoms. The maximum Gasteiger partial charge on any atom is 0.146 e. The van der Waals surface area contributed by atoms with Crippen LogP contribution in [-0.4, -0.2) is 28.9 Å². The van der Waals surface area contributed by atoms with Gasteiger partial charge >= 0.3 is 0 Å². The molecule has 1 rings (SSSR count). The Balaban J connectivity index is 2.80. The zero-order valence-electron chi connectivity index (χ0n) is 8.74. The zero-order valence-corrected chi connectivity index (χ0v) is 10.3. The summed E-state index contributed by atoms with van der Waals surface area (Å²) in [5, 5.41) is 7.24. The van der Waals surface area contributed by atoms with E-state index in [1.807, 2.05) is 18.9 Å². The summed E-state index contributed by atoms with van der Waals surface area (Å²) in [6.07, 6.45) is 3.71. The SMILES string of the molecule is CC(CC(=N)N)N(C)c1ncncc1Br. The van der Waals surface area contributed by atoms with Crippen molar-refractivity contribution in [1.82, 2.24) is 9.97 Å². The van der Waals surface area contributed by atoms with Crippen LogP contribution in [0.15, 0.2) is 17.0 Å². The van der Waals surface area contributed by atoms with Gasteiger partial charge in [0.25, 0.3) is 0 Å². The highest BCUT2D eigenvalue weighted by atomic mass is 79.9. The molecule has 15 heavy (non-hydrogen) atoms. The van der Waals surface area contributed by atoms with Crippen LogP contribution in [0.25, 0.3) is 0 Å². The van der Waals surface area contributed by atoms with Gasteiger partial charge in [-0.3, -0.25) is 5.41 Å². The van der Waals surface area contributed by atoms with Crippen molar-refractivity contribution in [2.45, 2.75) is 19.4 Å². The van der Waals surface area contributed by atoms with Gasteiger partial charge in [0.05, 0.1) is 10.3 Å². The summed E-state index contributed by atoms with van der Waals surface area (Å²) in [6.45, 7) is 2.00. The first-order valence-electron chi connectivity index (χ1n) is 4.53. The molecule has 1 aromatic rings. The standard InChI is InChI=1S/C9H14BrN5/c1-6(3-8(11)12)15(2)9-7(10)4-13-5-14-9/h4-6H,3H2,1-2H3,(H3,11,12). The van der Waals surface area contributed by atoms with Crippen molar-refractivity contribution in [3.05, 3.63) is 17.0 Å². The van der Waals surface area contributed by atoms with Crippen LogP contribution in [0.4, 0.5) is 5.82 Å². The third-order valence-electron chi connectivity index (χ3n) is 2.16. The Bertz CT molecular complexity index is 354. The van der Waals surface area contributed by atoms with Crippen molar-refractivity contribution in [2.24, 2.45) is 5.73 Å². The fraction of sp³-hybridized carbons (Fsp3) is 0.444.